The normalized spacial score (nSPS) is 0. The van der Waals surface area contributed by atoms with Crippen LogP contribution in [0.5, 0.6) is 0 Å². The van der Waals surface area contributed by atoms with E-state index in [1.54, 1.807) is 0 Å². The maximum absolute atomic E-state index is 0. The van der Waals surface area contributed by atoms with E-state index in [0.717, 1.165) is 0 Å². The van der Waals surface area contributed by atoms with Crippen molar-refractivity contribution in [1.82, 2.24) is 0 Å². The Balaban J connectivity index is 0. The van der Waals surface area contributed by atoms with Crippen LogP contribution in [0, 0.1) is 0 Å². The minimum absolute atomic E-state index is 0. The van der Waals surface area contributed by atoms with Crippen LogP contribution in [0.4, 0.5) is 0 Å². The number of hydrogen-bond donors (Lipinski definition) is 0. The van der Waals surface area contributed by atoms with Gasteiger partial charge in [0, 0.05) is 0 Å². The van der Waals surface area contributed by atoms with Crippen molar-refractivity contribution in [3.05, 3.63) is 0 Å². The molecule has 0 spiro atoms. The Bertz CT molecular complexity index is 7.51. The Morgan fingerprint density at radius 3 is 0.500 bits per heavy atom. The van der Waals surface area contributed by atoms with Crippen molar-refractivity contribution in [2.75, 3.05) is 0 Å². The second kappa shape index (κ2) is 41.0. The first-order chi connectivity index (χ1) is 0. The Morgan fingerprint density at radius 1 is 0.500 bits per heavy atom. The van der Waals surface area contributed by atoms with Crippen molar-refractivity contribution in [2.45, 2.75) is 0 Å². The molecule has 0 aliphatic heterocycles. The van der Waals surface area contributed by atoms with E-state index in [1.807, 2.05) is 0 Å². The number of hydrogen-bond acceptors (Lipinski definition) is 0. The van der Waals surface area contributed by atoms with Crippen LogP contribution in [0.15, 0.2) is 0 Å². The molecule has 0 amide bonds. The molecule has 0 saturated carbocycles. The van der Waals surface area contributed by atoms with E-state index >= 15 is 0 Å². The van der Waals surface area contributed by atoms with Crippen LogP contribution in [0.25, 0.3) is 0 Å². The molecule has 0 aliphatic carbocycles. The average molecular weight is 335 g/mol. The first kappa shape index (κ1) is 59.6. The summed E-state index contributed by atoms with van der Waals surface area (Å²) in [5.74, 6) is 0. The molecule has 0 nitrogen and oxygen atoms in total. The van der Waals surface area contributed by atoms with Gasteiger partial charge in [-0.3, -0.25) is 0 Å². The first-order valence-corrected chi connectivity index (χ1v) is 0. The van der Waals surface area contributed by atoms with E-state index < -0.39 is 0 Å². The molecule has 0 N–H and O–H groups in total. The molecule has 6 heteroatoms. The minimum Gasteiger partial charge on any atom is -1.00 e. The average Bonchev–Trinajstić information content (AvgIpc) is 0. The standard InChI is InChI=1S/Ba.4ClH.Fe/h;4*1H;/q+2;;;;;+2/p-4. The molecule has 6 heavy (non-hydrogen) atoms. The fourth-order valence-corrected chi connectivity index (χ4v) is 0. The zero-order valence-electron chi connectivity index (χ0n) is 2.57. The van der Waals surface area contributed by atoms with Crippen molar-refractivity contribution < 1.29 is 66.7 Å². The molecule has 0 aromatic rings. The van der Waals surface area contributed by atoms with E-state index in [4.69, 9.17) is 0 Å². The second-order valence-electron chi connectivity index (χ2n) is 0. The summed E-state index contributed by atoms with van der Waals surface area (Å²) in [6, 6.07) is 0. The molecule has 0 unspecified atom stereocenters. The van der Waals surface area contributed by atoms with Gasteiger partial charge < -0.3 is 49.6 Å². The van der Waals surface area contributed by atoms with E-state index in [-0.39, 0.29) is 116 Å². The third kappa shape index (κ3) is 26.8. The van der Waals surface area contributed by atoms with E-state index in [1.165, 1.54) is 0 Å². The van der Waals surface area contributed by atoms with Crippen molar-refractivity contribution in [3.63, 3.8) is 0 Å². The Kier molecular flexibility index (Phi) is 408. The van der Waals surface area contributed by atoms with Gasteiger partial charge in [-0.1, -0.05) is 0 Å². The summed E-state index contributed by atoms with van der Waals surface area (Å²) >= 11 is 0. The molecule has 0 radical (unpaired) electrons. The summed E-state index contributed by atoms with van der Waals surface area (Å²) in [5, 5.41) is 0. The molecule has 0 atom stereocenters. The predicted octanol–water partition coefficient (Wildman–Crippen LogP) is -12.4. The molecular formula is BaCl4Fe. The number of halogens is 4. The van der Waals surface area contributed by atoms with Crippen LogP contribution in [-0.4, -0.2) is 48.9 Å². The van der Waals surface area contributed by atoms with Crippen LogP contribution in [0.1, 0.15) is 0 Å². The second-order valence-corrected chi connectivity index (χ2v) is 0. The Morgan fingerprint density at radius 2 is 0.500 bits per heavy atom. The van der Waals surface area contributed by atoms with Crippen molar-refractivity contribution in [1.29, 1.82) is 0 Å². The summed E-state index contributed by atoms with van der Waals surface area (Å²) in [5.41, 5.74) is 0. The molecule has 0 aliphatic rings. The topological polar surface area (TPSA) is 0 Å². The molecule has 0 aromatic carbocycles. The predicted molar refractivity (Wildman–Crippen MR) is 5.75 cm³/mol. The van der Waals surface area contributed by atoms with Crippen LogP contribution < -0.4 is 49.6 Å². The summed E-state index contributed by atoms with van der Waals surface area (Å²) in [6.45, 7) is 0. The van der Waals surface area contributed by atoms with Gasteiger partial charge in [-0.25, -0.2) is 0 Å². The largest absolute Gasteiger partial charge is 2.00 e. The molecule has 0 bridgehead atoms. The van der Waals surface area contributed by atoms with Gasteiger partial charge in [0.1, 0.15) is 0 Å². The monoisotopic (exact) mass is 334 g/mol. The van der Waals surface area contributed by atoms with Gasteiger partial charge in [-0.15, -0.1) is 0 Å². The van der Waals surface area contributed by atoms with Crippen molar-refractivity contribution >= 4 is 48.9 Å². The van der Waals surface area contributed by atoms with E-state index in [0.29, 0.717) is 0 Å². The molecule has 0 heterocycles. The van der Waals surface area contributed by atoms with Crippen molar-refractivity contribution in [2.24, 2.45) is 0 Å². The molecule has 38 valence electrons. The van der Waals surface area contributed by atoms with Crippen LogP contribution >= 0.6 is 0 Å². The molecular weight excluding hydrogens is 335 g/mol. The van der Waals surface area contributed by atoms with Crippen molar-refractivity contribution in [3.8, 4) is 0 Å². The van der Waals surface area contributed by atoms with Crippen LogP contribution in [0.2, 0.25) is 0 Å². The summed E-state index contributed by atoms with van der Waals surface area (Å²) < 4.78 is 0. The van der Waals surface area contributed by atoms with Gasteiger partial charge in [0.2, 0.25) is 0 Å². The first-order valence-electron chi connectivity index (χ1n) is 0. The van der Waals surface area contributed by atoms with Gasteiger partial charge in [0.05, 0.1) is 0 Å². The van der Waals surface area contributed by atoms with Gasteiger partial charge in [0.25, 0.3) is 0 Å². The zero-order valence-corrected chi connectivity index (χ0v) is 11.1. The summed E-state index contributed by atoms with van der Waals surface area (Å²) in [4.78, 5) is 0. The van der Waals surface area contributed by atoms with Gasteiger partial charge in [-0.05, 0) is 0 Å². The van der Waals surface area contributed by atoms with Crippen LogP contribution in [0.3, 0.4) is 0 Å². The van der Waals surface area contributed by atoms with E-state index in [9.17, 15) is 0 Å². The summed E-state index contributed by atoms with van der Waals surface area (Å²) in [6.07, 6.45) is 0. The van der Waals surface area contributed by atoms with Gasteiger partial charge >= 0.3 is 65.9 Å². The maximum Gasteiger partial charge on any atom is 2.00 e. The fraction of sp³-hybridized carbons (Fsp3) is 0. The third-order valence-corrected chi connectivity index (χ3v) is 0. The Hall–Kier alpha value is 3.25. The molecule has 0 fully saturated rings. The van der Waals surface area contributed by atoms with Gasteiger partial charge in [0.15, 0.2) is 0 Å². The summed E-state index contributed by atoms with van der Waals surface area (Å²) in [7, 11) is 0. The SMILES string of the molecule is [Ba+2].[Cl-].[Cl-].[Cl-].[Cl-].[Fe+2]. The number of rotatable bonds is 0. The fourth-order valence-electron chi connectivity index (χ4n) is 0. The smallest absolute Gasteiger partial charge is 1.00 e. The van der Waals surface area contributed by atoms with E-state index in [2.05, 4.69) is 0 Å². The maximum atomic E-state index is 0. The molecule has 0 rings (SSSR count). The quantitative estimate of drug-likeness (QED) is 0.386. The van der Waals surface area contributed by atoms with Crippen LogP contribution in [-0.2, 0) is 17.1 Å². The van der Waals surface area contributed by atoms with Gasteiger partial charge in [-0.2, -0.15) is 0 Å². The third-order valence-electron chi connectivity index (χ3n) is 0. The Labute approximate surface area is 113 Å². The minimum atomic E-state index is 0. The molecule has 0 saturated heterocycles. The zero-order chi connectivity index (χ0) is 0. The molecule has 0 aromatic heterocycles.